The molecule has 1 aliphatic heterocycles. The fourth-order valence-electron chi connectivity index (χ4n) is 1.26. The maximum atomic E-state index is 11.9. The third-order valence-electron chi connectivity index (χ3n) is 1.78. The molecule has 1 fully saturated rings. The first-order valence-electron chi connectivity index (χ1n) is 4.26. The largest absolute Gasteiger partial charge is 0.408 e. The van der Waals surface area contributed by atoms with E-state index < -0.39 is 7.75 Å². The lowest BCUT2D eigenvalue weighted by molar-refractivity contribution is 0.216. The zero-order valence-electron chi connectivity index (χ0n) is 7.82. The molecule has 4 nitrogen and oxygen atoms in total. The topological polar surface area (TPSA) is 38.8 Å². The molecule has 0 aromatic rings. The number of hydrogen-bond donors (Lipinski definition) is 0. The van der Waals surface area contributed by atoms with Crippen LogP contribution < -0.4 is 0 Å². The Balaban J connectivity index is 2.68. The summed E-state index contributed by atoms with van der Waals surface area (Å²) in [7, 11) is -2.90. The van der Waals surface area contributed by atoms with Crippen molar-refractivity contribution in [1.82, 2.24) is 4.67 Å². The quantitative estimate of drug-likeness (QED) is 0.641. The molecule has 0 spiro atoms. The van der Waals surface area contributed by atoms with E-state index in [1.807, 2.05) is 20.8 Å². The fraction of sp³-hybridized carbons (Fsp3) is 1.00. The zero-order chi connectivity index (χ0) is 9.19. The molecule has 0 aromatic carbocycles. The Hall–Kier alpha value is 0.110. The number of nitrogens with zero attached hydrogens (tertiary/aromatic N) is 1. The van der Waals surface area contributed by atoms with Crippen molar-refractivity contribution in [2.24, 2.45) is 0 Å². The van der Waals surface area contributed by atoms with Crippen LogP contribution in [0.3, 0.4) is 0 Å². The van der Waals surface area contributed by atoms with Gasteiger partial charge in [0.15, 0.2) is 0 Å². The minimum Gasteiger partial charge on any atom is -0.297 e. The maximum Gasteiger partial charge on any atom is 0.408 e. The molecule has 0 saturated carbocycles. The van der Waals surface area contributed by atoms with Gasteiger partial charge in [-0.15, -0.1) is 0 Å². The molecule has 5 heteroatoms. The van der Waals surface area contributed by atoms with Crippen molar-refractivity contribution < 1.29 is 13.6 Å². The third-order valence-corrected chi connectivity index (χ3v) is 4.16. The molecule has 1 rings (SSSR count). The molecule has 0 aliphatic carbocycles. The lowest BCUT2D eigenvalue weighted by Crippen LogP contribution is -2.25. The lowest BCUT2D eigenvalue weighted by atomic mass is 10.4. The van der Waals surface area contributed by atoms with Crippen molar-refractivity contribution in [2.45, 2.75) is 26.8 Å². The summed E-state index contributed by atoms with van der Waals surface area (Å²) in [5, 5.41) is 0. The summed E-state index contributed by atoms with van der Waals surface area (Å²) in [5.41, 5.74) is 0. The van der Waals surface area contributed by atoms with Gasteiger partial charge in [-0.05, 0) is 20.8 Å². The molecule has 1 heterocycles. The van der Waals surface area contributed by atoms with Crippen molar-refractivity contribution in [3.8, 4) is 0 Å². The van der Waals surface area contributed by atoms with Crippen molar-refractivity contribution in [1.29, 1.82) is 0 Å². The van der Waals surface area contributed by atoms with Crippen molar-refractivity contribution in [3.05, 3.63) is 0 Å². The summed E-state index contributed by atoms with van der Waals surface area (Å²) >= 11 is 0. The third kappa shape index (κ3) is 1.88. The molecule has 0 amide bonds. The Bertz CT molecular complexity index is 195. The van der Waals surface area contributed by atoms with Gasteiger partial charge in [-0.2, -0.15) is 0 Å². The lowest BCUT2D eigenvalue weighted by Gasteiger charge is -2.24. The first kappa shape index (κ1) is 10.2. The SMILES string of the molecule is CCOP1(=O)OCCN1C(C)C. The second-order valence-electron chi connectivity index (χ2n) is 2.98. The molecule has 0 bridgehead atoms. The van der Waals surface area contributed by atoms with Crippen LogP contribution in [0.4, 0.5) is 0 Å². The Morgan fingerprint density at radius 1 is 1.67 bits per heavy atom. The predicted octanol–water partition coefficient (Wildman–Crippen LogP) is 1.87. The summed E-state index contributed by atoms with van der Waals surface area (Å²) in [6.07, 6.45) is 0. The second kappa shape index (κ2) is 3.88. The van der Waals surface area contributed by atoms with Gasteiger partial charge in [0.1, 0.15) is 0 Å². The van der Waals surface area contributed by atoms with E-state index in [1.165, 1.54) is 0 Å². The molecule has 12 heavy (non-hydrogen) atoms. The normalized spacial score (nSPS) is 31.7. The summed E-state index contributed by atoms with van der Waals surface area (Å²) in [6.45, 7) is 7.44. The average Bonchev–Trinajstić information content (AvgIpc) is 2.32. The fourth-order valence-corrected chi connectivity index (χ4v) is 3.16. The van der Waals surface area contributed by atoms with Gasteiger partial charge >= 0.3 is 7.75 Å². The molecule has 0 N–H and O–H groups in total. The standard InChI is InChI=1S/C7H16NO3P/c1-4-10-12(9)8(7(2)3)5-6-11-12/h7H,4-6H2,1-3H3. The molecule has 72 valence electrons. The first-order valence-corrected chi connectivity index (χ1v) is 5.76. The van der Waals surface area contributed by atoms with E-state index in [1.54, 1.807) is 4.67 Å². The Kier molecular flexibility index (Phi) is 3.29. The number of rotatable bonds is 3. The van der Waals surface area contributed by atoms with Crippen LogP contribution in [-0.2, 0) is 13.6 Å². The Morgan fingerprint density at radius 2 is 2.33 bits per heavy atom. The maximum absolute atomic E-state index is 11.9. The first-order chi connectivity index (χ1) is 5.60. The number of hydrogen-bond acceptors (Lipinski definition) is 3. The van der Waals surface area contributed by atoms with Gasteiger partial charge in [-0.3, -0.25) is 9.05 Å². The molecular weight excluding hydrogens is 177 g/mol. The summed E-state index contributed by atoms with van der Waals surface area (Å²) < 4.78 is 23.9. The highest BCUT2D eigenvalue weighted by molar-refractivity contribution is 7.51. The summed E-state index contributed by atoms with van der Waals surface area (Å²) in [6, 6.07) is 0.213. The smallest absolute Gasteiger partial charge is 0.297 e. The summed E-state index contributed by atoms with van der Waals surface area (Å²) in [5.74, 6) is 0. The van der Waals surface area contributed by atoms with Gasteiger partial charge in [-0.1, -0.05) is 0 Å². The highest BCUT2D eigenvalue weighted by atomic mass is 31.2. The van der Waals surface area contributed by atoms with Gasteiger partial charge < -0.3 is 0 Å². The van der Waals surface area contributed by atoms with Crippen LogP contribution in [0.1, 0.15) is 20.8 Å². The van der Waals surface area contributed by atoms with E-state index in [0.717, 1.165) is 0 Å². The van der Waals surface area contributed by atoms with Crippen LogP contribution in [0.2, 0.25) is 0 Å². The highest BCUT2D eigenvalue weighted by Crippen LogP contribution is 2.56. The molecule has 1 saturated heterocycles. The van der Waals surface area contributed by atoms with Crippen LogP contribution >= 0.6 is 7.75 Å². The molecule has 1 unspecified atom stereocenters. The van der Waals surface area contributed by atoms with E-state index in [2.05, 4.69) is 0 Å². The minimum atomic E-state index is -2.90. The minimum absolute atomic E-state index is 0.213. The van der Waals surface area contributed by atoms with Crippen molar-refractivity contribution in [2.75, 3.05) is 19.8 Å². The Morgan fingerprint density at radius 3 is 2.83 bits per heavy atom. The molecule has 1 atom stereocenters. The van der Waals surface area contributed by atoms with Crippen LogP contribution in [-0.4, -0.2) is 30.5 Å². The molecule has 1 aliphatic rings. The van der Waals surface area contributed by atoms with E-state index in [-0.39, 0.29) is 6.04 Å². The van der Waals surface area contributed by atoms with Gasteiger partial charge in [-0.25, -0.2) is 9.24 Å². The van der Waals surface area contributed by atoms with Gasteiger partial charge in [0.2, 0.25) is 0 Å². The van der Waals surface area contributed by atoms with Crippen LogP contribution in [0.15, 0.2) is 0 Å². The van der Waals surface area contributed by atoms with Crippen LogP contribution in [0.25, 0.3) is 0 Å². The van der Waals surface area contributed by atoms with Crippen molar-refractivity contribution in [3.63, 3.8) is 0 Å². The van der Waals surface area contributed by atoms with Crippen LogP contribution in [0.5, 0.6) is 0 Å². The predicted molar refractivity (Wildman–Crippen MR) is 47.0 cm³/mol. The van der Waals surface area contributed by atoms with Gasteiger partial charge in [0, 0.05) is 12.6 Å². The monoisotopic (exact) mass is 193 g/mol. The second-order valence-corrected chi connectivity index (χ2v) is 4.94. The molecule has 0 aromatic heterocycles. The highest BCUT2D eigenvalue weighted by Gasteiger charge is 2.40. The molecular formula is C7H16NO3P. The van der Waals surface area contributed by atoms with Crippen LogP contribution in [0, 0.1) is 0 Å². The van der Waals surface area contributed by atoms with E-state index in [9.17, 15) is 4.57 Å². The molecule has 0 radical (unpaired) electrons. The average molecular weight is 193 g/mol. The van der Waals surface area contributed by atoms with Crippen molar-refractivity contribution >= 4 is 7.75 Å². The summed E-state index contributed by atoms with van der Waals surface area (Å²) in [4.78, 5) is 0. The zero-order valence-corrected chi connectivity index (χ0v) is 8.71. The Labute approximate surface area is 73.4 Å². The van der Waals surface area contributed by atoms with Gasteiger partial charge in [0.25, 0.3) is 0 Å². The van der Waals surface area contributed by atoms with E-state index in [0.29, 0.717) is 19.8 Å². The van der Waals surface area contributed by atoms with E-state index >= 15 is 0 Å². The van der Waals surface area contributed by atoms with E-state index in [4.69, 9.17) is 9.05 Å². The van der Waals surface area contributed by atoms with Gasteiger partial charge in [0.05, 0.1) is 13.2 Å².